The molecule has 0 unspecified atom stereocenters. The van der Waals surface area contributed by atoms with E-state index in [0.717, 1.165) is 5.56 Å². The quantitative estimate of drug-likeness (QED) is 0.878. The lowest BCUT2D eigenvalue weighted by Crippen LogP contribution is -2.27. The second kappa shape index (κ2) is 5.29. The van der Waals surface area contributed by atoms with Crippen LogP contribution in [0.5, 0.6) is 0 Å². The summed E-state index contributed by atoms with van der Waals surface area (Å²) in [5.41, 5.74) is 0.504. The van der Waals surface area contributed by atoms with Crippen LogP contribution < -0.4 is 5.32 Å². The van der Waals surface area contributed by atoms with Crippen LogP contribution >= 0.6 is 11.6 Å². The summed E-state index contributed by atoms with van der Waals surface area (Å²) in [5, 5.41) is 12.1. The smallest absolute Gasteiger partial charge is 0.141 e. The molecule has 0 spiro atoms. The van der Waals surface area contributed by atoms with Gasteiger partial charge in [0, 0.05) is 13.1 Å². The van der Waals surface area contributed by atoms with Gasteiger partial charge in [-0.25, -0.2) is 4.39 Å². The van der Waals surface area contributed by atoms with Crippen molar-refractivity contribution in [2.24, 2.45) is 5.41 Å². The molecule has 0 amide bonds. The lowest BCUT2D eigenvalue weighted by Gasteiger charge is -2.15. The Hall–Kier alpha value is -1.11. The molecule has 4 heteroatoms. The van der Waals surface area contributed by atoms with E-state index < -0.39 is 11.2 Å². The van der Waals surface area contributed by atoms with Crippen LogP contribution in [0.2, 0.25) is 5.02 Å². The lowest BCUT2D eigenvalue weighted by molar-refractivity contribution is 0.445. The Morgan fingerprint density at radius 1 is 1.50 bits per heavy atom. The van der Waals surface area contributed by atoms with Gasteiger partial charge in [-0.15, -0.1) is 0 Å². The minimum atomic E-state index is -0.414. The minimum Gasteiger partial charge on any atom is -0.311 e. The molecule has 0 heterocycles. The van der Waals surface area contributed by atoms with E-state index in [1.165, 1.54) is 6.07 Å². The number of rotatable bonds is 4. The molecule has 1 rings (SSSR count). The third kappa shape index (κ3) is 3.80. The van der Waals surface area contributed by atoms with Crippen molar-refractivity contribution in [3.05, 3.63) is 34.6 Å². The predicted octanol–water partition coefficient (Wildman–Crippen LogP) is 3.12. The average molecular weight is 241 g/mol. The molecule has 16 heavy (non-hydrogen) atoms. The van der Waals surface area contributed by atoms with Crippen molar-refractivity contribution in [2.45, 2.75) is 20.4 Å². The number of hydrogen-bond donors (Lipinski definition) is 1. The van der Waals surface area contributed by atoms with Gasteiger partial charge in [-0.1, -0.05) is 17.7 Å². The molecule has 0 aliphatic heterocycles. The molecule has 0 saturated carbocycles. The number of hydrogen-bond acceptors (Lipinski definition) is 2. The molecule has 1 N–H and O–H groups in total. The molecular weight excluding hydrogens is 227 g/mol. The van der Waals surface area contributed by atoms with Gasteiger partial charge < -0.3 is 5.32 Å². The van der Waals surface area contributed by atoms with Crippen LogP contribution in [0.4, 0.5) is 4.39 Å². The Morgan fingerprint density at radius 3 is 2.75 bits per heavy atom. The monoisotopic (exact) mass is 240 g/mol. The minimum absolute atomic E-state index is 0.124. The van der Waals surface area contributed by atoms with Gasteiger partial charge in [0.2, 0.25) is 0 Å². The maximum Gasteiger partial charge on any atom is 0.141 e. The first kappa shape index (κ1) is 13.0. The van der Waals surface area contributed by atoms with E-state index in [1.807, 2.05) is 13.8 Å². The predicted molar refractivity (Wildman–Crippen MR) is 62.5 cm³/mol. The molecule has 0 atom stereocenters. The molecule has 0 saturated heterocycles. The fraction of sp³-hybridized carbons (Fsp3) is 0.417. The van der Waals surface area contributed by atoms with Gasteiger partial charge in [0.25, 0.3) is 0 Å². The summed E-state index contributed by atoms with van der Waals surface area (Å²) in [6, 6.07) is 6.80. The zero-order valence-electron chi connectivity index (χ0n) is 9.35. The summed E-state index contributed by atoms with van der Waals surface area (Å²) in [6.45, 7) is 4.87. The molecule has 0 fully saturated rings. The highest BCUT2D eigenvalue weighted by Gasteiger charge is 2.15. The van der Waals surface area contributed by atoms with Gasteiger partial charge in [-0.3, -0.25) is 0 Å². The number of nitriles is 1. The Morgan fingerprint density at radius 2 is 2.19 bits per heavy atom. The van der Waals surface area contributed by atoms with Gasteiger partial charge in [-0.2, -0.15) is 5.26 Å². The zero-order chi connectivity index (χ0) is 12.2. The van der Waals surface area contributed by atoms with Crippen LogP contribution in [0.1, 0.15) is 19.4 Å². The van der Waals surface area contributed by atoms with E-state index >= 15 is 0 Å². The van der Waals surface area contributed by atoms with E-state index in [-0.39, 0.29) is 5.02 Å². The Bertz CT molecular complexity index is 410. The summed E-state index contributed by atoms with van der Waals surface area (Å²) in [7, 11) is 0. The van der Waals surface area contributed by atoms with Gasteiger partial charge in [0.15, 0.2) is 0 Å². The molecule has 0 bridgehead atoms. The van der Waals surface area contributed by atoms with Crippen LogP contribution in [0.3, 0.4) is 0 Å². The van der Waals surface area contributed by atoms with Crippen molar-refractivity contribution >= 4 is 11.6 Å². The third-order valence-electron chi connectivity index (χ3n) is 2.18. The average Bonchev–Trinajstić information content (AvgIpc) is 2.23. The Labute approximate surface area is 100 Å². The van der Waals surface area contributed by atoms with Gasteiger partial charge in [-0.05, 0) is 31.5 Å². The van der Waals surface area contributed by atoms with Crippen LogP contribution in [0.15, 0.2) is 18.2 Å². The summed E-state index contributed by atoms with van der Waals surface area (Å²) in [5.74, 6) is -0.414. The van der Waals surface area contributed by atoms with Crippen LogP contribution in [-0.2, 0) is 6.54 Å². The molecule has 1 aromatic carbocycles. The van der Waals surface area contributed by atoms with Crippen LogP contribution in [-0.4, -0.2) is 6.54 Å². The van der Waals surface area contributed by atoms with E-state index in [2.05, 4.69) is 11.4 Å². The standard InChI is InChI=1S/C12H14ClFN2/c1-12(2,7-15)8-16-6-9-3-4-11(14)10(13)5-9/h3-5,16H,6,8H2,1-2H3. The topological polar surface area (TPSA) is 35.8 Å². The normalized spacial score (nSPS) is 11.2. The lowest BCUT2D eigenvalue weighted by atomic mass is 9.96. The second-order valence-electron chi connectivity index (χ2n) is 4.35. The highest BCUT2D eigenvalue weighted by molar-refractivity contribution is 6.30. The van der Waals surface area contributed by atoms with Gasteiger partial charge in [0.05, 0.1) is 16.5 Å². The number of nitrogens with zero attached hydrogens (tertiary/aromatic N) is 1. The molecule has 86 valence electrons. The van der Waals surface area contributed by atoms with Crippen LogP contribution in [0.25, 0.3) is 0 Å². The van der Waals surface area contributed by atoms with E-state index in [9.17, 15) is 4.39 Å². The molecule has 0 aromatic heterocycles. The van der Waals surface area contributed by atoms with Crippen molar-refractivity contribution < 1.29 is 4.39 Å². The van der Waals surface area contributed by atoms with Crippen molar-refractivity contribution in [1.29, 1.82) is 5.26 Å². The largest absolute Gasteiger partial charge is 0.311 e. The molecular formula is C12H14ClFN2. The van der Waals surface area contributed by atoms with Crippen LogP contribution in [0, 0.1) is 22.6 Å². The third-order valence-corrected chi connectivity index (χ3v) is 2.47. The highest BCUT2D eigenvalue weighted by Crippen LogP contribution is 2.16. The number of benzene rings is 1. The summed E-state index contributed by atoms with van der Waals surface area (Å²) >= 11 is 5.65. The van der Waals surface area contributed by atoms with Gasteiger partial charge >= 0.3 is 0 Å². The van der Waals surface area contributed by atoms with Gasteiger partial charge in [0.1, 0.15) is 5.82 Å². The highest BCUT2D eigenvalue weighted by atomic mass is 35.5. The van der Waals surface area contributed by atoms with E-state index in [1.54, 1.807) is 12.1 Å². The summed E-state index contributed by atoms with van der Waals surface area (Å²) in [4.78, 5) is 0. The number of halogens is 2. The van der Waals surface area contributed by atoms with E-state index in [4.69, 9.17) is 16.9 Å². The Balaban J connectivity index is 2.50. The molecule has 0 aliphatic carbocycles. The fourth-order valence-corrected chi connectivity index (χ4v) is 1.41. The molecule has 1 aromatic rings. The first-order chi connectivity index (χ1) is 7.44. The maximum absolute atomic E-state index is 12.9. The summed E-state index contributed by atoms with van der Waals surface area (Å²) < 4.78 is 12.9. The van der Waals surface area contributed by atoms with Crippen molar-refractivity contribution in [3.63, 3.8) is 0 Å². The van der Waals surface area contributed by atoms with Crippen molar-refractivity contribution in [2.75, 3.05) is 6.54 Å². The molecule has 0 aliphatic rings. The number of nitrogens with one attached hydrogen (secondary N) is 1. The molecule has 0 radical (unpaired) electrons. The van der Waals surface area contributed by atoms with Crippen molar-refractivity contribution in [1.82, 2.24) is 5.32 Å². The zero-order valence-corrected chi connectivity index (χ0v) is 10.1. The second-order valence-corrected chi connectivity index (χ2v) is 4.75. The SMILES string of the molecule is CC(C)(C#N)CNCc1ccc(F)c(Cl)c1. The Kier molecular flexibility index (Phi) is 4.28. The van der Waals surface area contributed by atoms with E-state index in [0.29, 0.717) is 13.1 Å². The van der Waals surface area contributed by atoms with Crippen molar-refractivity contribution in [3.8, 4) is 6.07 Å². The maximum atomic E-state index is 12.9. The first-order valence-corrected chi connectivity index (χ1v) is 5.38. The fourth-order valence-electron chi connectivity index (χ4n) is 1.21. The molecule has 2 nitrogen and oxygen atoms in total. The summed E-state index contributed by atoms with van der Waals surface area (Å²) in [6.07, 6.45) is 0. The first-order valence-electron chi connectivity index (χ1n) is 5.00.